The van der Waals surface area contributed by atoms with Crippen LogP contribution in [0.5, 0.6) is 0 Å². The molecule has 0 amide bonds. The summed E-state index contributed by atoms with van der Waals surface area (Å²) in [6.07, 6.45) is 1.56. The fourth-order valence-electron chi connectivity index (χ4n) is 1.36. The van der Waals surface area contributed by atoms with Gasteiger partial charge in [0.15, 0.2) is 12.1 Å². The zero-order valence-corrected chi connectivity index (χ0v) is 13.0. The molecule has 0 atom stereocenters. The number of ketones is 1. The number of rotatable bonds is 7. The third-order valence-electron chi connectivity index (χ3n) is 2.26. The number of aldehydes is 1. The van der Waals surface area contributed by atoms with Crippen molar-refractivity contribution in [2.45, 2.75) is 0 Å². The van der Waals surface area contributed by atoms with Crippen molar-refractivity contribution in [2.75, 3.05) is 13.2 Å². The van der Waals surface area contributed by atoms with Crippen LogP contribution in [-0.4, -0.2) is 30.3 Å². The fraction of sp³-hybridized carbons (Fsp3) is 0.167. The zero-order valence-electron chi connectivity index (χ0n) is 10.1. The molecule has 0 bridgehead atoms. The third kappa shape index (κ3) is 4.09. The van der Waals surface area contributed by atoms with Gasteiger partial charge in [-0.2, -0.15) is 0 Å². The first-order chi connectivity index (χ1) is 9.54. The number of Topliss-reactive ketones (excluding diaryl/α,β-unsaturated/α-hetero) is 1. The lowest BCUT2D eigenvalue weighted by atomic mass is 10.0. The van der Waals surface area contributed by atoms with Crippen LogP contribution in [0.2, 0.25) is 5.02 Å². The molecule has 0 fully saturated rings. The Hall–Kier alpha value is -1.32. The van der Waals surface area contributed by atoms with Crippen LogP contribution in [0.25, 0.3) is 0 Å². The van der Waals surface area contributed by atoms with Crippen LogP contribution < -0.4 is 5.32 Å². The number of carbonyl (C=O) groups is 2. The minimum absolute atomic E-state index is 0.0253. The highest BCUT2D eigenvalue weighted by Crippen LogP contribution is 2.31. The number of aliphatic hydroxyl groups is 1. The molecule has 0 aliphatic heterocycles. The van der Waals surface area contributed by atoms with Gasteiger partial charge in [-0.15, -0.1) is 4.91 Å². The first-order valence-corrected chi connectivity index (χ1v) is 6.87. The van der Waals surface area contributed by atoms with Crippen molar-refractivity contribution in [2.24, 2.45) is 5.18 Å². The fourth-order valence-corrected chi connectivity index (χ4v) is 2.20. The summed E-state index contributed by atoms with van der Waals surface area (Å²) in [4.78, 5) is 33.8. The molecule has 106 valence electrons. The molecule has 0 saturated heterocycles. The molecule has 1 rings (SSSR count). The summed E-state index contributed by atoms with van der Waals surface area (Å²) in [5, 5.41) is 13.9. The Labute approximate surface area is 133 Å². The van der Waals surface area contributed by atoms with E-state index in [2.05, 4.69) is 10.5 Å². The van der Waals surface area contributed by atoms with Gasteiger partial charge in [0.1, 0.15) is 5.69 Å². The standard InChI is InChI=1S/C12H10ClIN2O4/c13-11-9(3-8(14)4-10(11)16-20)12(19)7(6-18)5-15-1-2-17/h3-6,15,17H,1-2H2. The van der Waals surface area contributed by atoms with Gasteiger partial charge in [-0.05, 0) is 39.9 Å². The number of hydrogen-bond acceptors (Lipinski definition) is 6. The Balaban J connectivity index is 3.19. The van der Waals surface area contributed by atoms with Crippen molar-refractivity contribution in [3.63, 3.8) is 0 Å². The molecule has 0 aliphatic rings. The topological polar surface area (TPSA) is 95.8 Å². The van der Waals surface area contributed by atoms with E-state index >= 15 is 0 Å². The van der Waals surface area contributed by atoms with Gasteiger partial charge in [0.25, 0.3) is 0 Å². The van der Waals surface area contributed by atoms with Crippen molar-refractivity contribution in [1.29, 1.82) is 0 Å². The van der Waals surface area contributed by atoms with Crippen LogP contribution in [0.1, 0.15) is 10.4 Å². The summed E-state index contributed by atoms with van der Waals surface area (Å²) in [7, 11) is 0. The molecule has 6 nitrogen and oxygen atoms in total. The van der Waals surface area contributed by atoms with E-state index in [0.29, 0.717) is 9.86 Å². The summed E-state index contributed by atoms with van der Waals surface area (Å²) in [5.41, 5.74) is -0.202. The van der Waals surface area contributed by atoms with E-state index in [4.69, 9.17) is 16.7 Å². The predicted octanol–water partition coefficient (Wildman–Crippen LogP) is 2.19. The first-order valence-electron chi connectivity index (χ1n) is 5.41. The van der Waals surface area contributed by atoms with Crippen molar-refractivity contribution in [3.8, 4) is 0 Å². The molecule has 0 aromatic heterocycles. The van der Waals surface area contributed by atoms with Gasteiger partial charge in [-0.25, -0.2) is 0 Å². The normalized spacial score (nSPS) is 11.1. The van der Waals surface area contributed by atoms with Gasteiger partial charge in [0, 0.05) is 21.9 Å². The first kappa shape index (κ1) is 16.7. The minimum Gasteiger partial charge on any atom is -0.395 e. The average molecular weight is 409 g/mol. The second-order valence-corrected chi connectivity index (χ2v) is 5.23. The highest BCUT2D eigenvalue weighted by atomic mass is 127. The Kier molecular flexibility index (Phi) is 6.76. The number of allylic oxidation sites excluding steroid dienone is 1. The van der Waals surface area contributed by atoms with Crippen molar-refractivity contribution in [1.82, 2.24) is 5.32 Å². The average Bonchev–Trinajstić information content (AvgIpc) is 2.45. The third-order valence-corrected chi connectivity index (χ3v) is 3.28. The number of nitrogens with one attached hydrogen (secondary N) is 1. The van der Waals surface area contributed by atoms with Gasteiger partial charge >= 0.3 is 0 Å². The number of hydrogen-bond donors (Lipinski definition) is 2. The summed E-state index contributed by atoms with van der Waals surface area (Å²) in [5.74, 6) is -0.626. The Morgan fingerprint density at radius 1 is 1.50 bits per heavy atom. The maximum absolute atomic E-state index is 12.2. The number of halogens is 2. The van der Waals surface area contributed by atoms with E-state index in [1.165, 1.54) is 18.3 Å². The van der Waals surface area contributed by atoms with Crippen LogP contribution in [0.15, 0.2) is 29.1 Å². The molecule has 2 N–H and O–H groups in total. The maximum atomic E-state index is 12.2. The minimum atomic E-state index is -0.626. The van der Waals surface area contributed by atoms with Crippen LogP contribution in [0, 0.1) is 8.48 Å². The lowest BCUT2D eigenvalue weighted by molar-refractivity contribution is -0.104. The second kappa shape index (κ2) is 8.08. The van der Waals surface area contributed by atoms with Crippen molar-refractivity contribution < 1.29 is 14.7 Å². The maximum Gasteiger partial charge on any atom is 0.199 e. The van der Waals surface area contributed by atoms with Crippen molar-refractivity contribution in [3.05, 3.63) is 43.0 Å². The molecule has 8 heteroatoms. The Morgan fingerprint density at radius 2 is 2.20 bits per heavy atom. The molecule has 1 aromatic carbocycles. The smallest absolute Gasteiger partial charge is 0.199 e. The molecule has 0 unspecified atom stereocenters. The van der Waals surface area contributed by atoms with Gasteiger partial charge in [0.2, 0.25) is 0 Å². The highest BCUT2D eigenvalue weighted by Gasteiger charge is 2.19. The van der Waals surface area contributed by atoms with E-state index in [-0.39, 0.29) is 35.0 Å². The van der Waals surface area contributed by atoms with E-state index < -0.39 is 5.78 Å². The number of aliphatic hydroxyl groups excluding tert-OH is 1. The number of benzene rings is 1. The summed E-state index contributed by atoms with van der Waals surface area (Å²) >= 11 is 7.83. The van der Waals surface area contributed by atoms with Crippen LogP contribution >= 0.6 is 34.2 Å². The van der Waals surface area contributed by atoms with Gasteiger partial charge in [-0.1, -0.05) is 11.6 Å². The molecule has 0 spiro atoms. The lowest BCUT2D eigenvalue weighted by Gasteiger charge is -2.06. The Bertz CT molecular complexity index is 575. The molecule has 0 radical (unpaired) electrons. The highest BCUT2D eigenvalue weighted by molar-refractivity contribution is 14.1. The SMILES string of the molecule is O=CC(=CNCCO)C(=O)c1cc(I)cc(N=O)c1Cl. The molecule has 1 aromatic rings. The summed E-state index contributed by atoms with van der Waals surface area (Å²) in [6.45, 7) is 0.0614. The van der Waals surface area contributed by atoms with E-state index in [1.807, 2.05) is 22.6 Å². The molecule has 0 aliphatic carbocycles. The second-order valence-electron chi connectivity index (χ2n) is 3.60. The molecular formula is C12H10ClIN2O4. The quantitative estimate of drug-likeness (QED) is 0.105. The molecule has 0 heterocycles. The Morgan fingerprint density at radius 3 is 2.75 bits per heavy atom. The van der Waals surface area contributed by atoms with Crippen molar-refractivity contribution >= 4 is 51.9 Å². The van der Waals surface area contributed by atoms with Gasteiger partial charge in [0.05, 0.1) is 17.2 Å². The zero-order chi connectivity index (χ0) is 15.1. The molecule has 20 heavy (non-hydrogen) atoms. The largest absolute Gasteiger partial charge is 0.395 e. The number of nitroso groups, excluding NO2 is 1. The van der Waals surface area contributed by atoms with E-state index in [9.17, 15) is 14.5 Å². The number of carbonyl (C=O) groups excluding carboxylic acids is 2. The van der Waals surface area contributed by atoms with Gasteiger partial charge in [-0.3, -0.25) is 9.59 Å². The lowest BCUT2D eigenvalue weighted by Crippen LogP contribution is -2.15. The van der Waals surface area contributed by atoms with Gasteiger partial charge < -0.3 is 10.4 Å². The van der Waals surface area contributed by atoms with E-state index in [0.717, 1.165) is 0 Å². The molecule has 0 saturated carbocycles. The monoisotopic (exact) mass is 408 g/mol. The van der Waals surface area contributed by atoms with E-state index in [1.54, 1.807) is 0 Å². The summed E-state index contributed by atoms with van der Waals surface area (Å²) in [6, 6.07) is 2.89. The number of nitrogens with zero attached hydrogens (tertiary/aromatic N) is 1. The van der Waals surface area contributed by atoms with Crippen LogP contribution in [0.3, 0.4) is 0 Å². The van der Waals surface area contributed by atoms with Crippen LogP contribution in [-0.2, 0) is 4.79 Å². The van der Waals surface area contributed by atoms with Crippen LogP contribution in [0.4, 0.5) is 5.69 Å². The predicted molar refractivity (Wildman–Crippen MR) is 83.2 cm³/mol. The molecular weight excluding hydrogens is 398 g/mol. The summed E-state index contributed by atoms with van der Waals surface area (Å²) < 4.78 is 0.596.